The van der Waals surface area contributed by atoms with Gasteiger partial charge in [0, 0.05) is 27.6 Å². The van der Waals surface area contributed by atoms with E-state index in [1.54, 1.807) is 0 Å². The molecular weight excluding hydrogens is 428 g/mol. The van der Waals surface area contributed by atoms with E-state index in [1.165, 1.54) is 0 Å². The highest BCUT2D eigenvalue weighted by Crippen LogP contribution is 2.37. The molecule has 1 atom stereocenters. The summed E-state index contributed by atoms with van der Waals surface area (Å²) in [7, 11) is 0. The van der Waals surface area contributed by atoms with Crippen molar-refractivity contribution in [2.75, 3.05) is 5.32 Å². The molecule has 0 saturated carbocycles. The highest BCUT2D eigenvalue weighted by molar-refractivity contribution is 6.17. The molecule has 1 aliphatic heterocycles. The first-order valence-corrected chi connectivity index (χ1v) is 11.8. The van der Waals surface area contributed by atoms with Gasteiger partial charge in [0.05, 0.1) is 5.71 Å². The van der Waals surface area contributed by atoms with Crippen LogP contribution in [-0.4, -0.2) is 5.71 Å². The fourth-order valence-electron chi connectivity index (χ4n) is 4.95. The van der Waals surface area contributed by atoms with E-state index < -0.39 is 0 Å². The van der Waals surface area contributed by atoms with Crippen LogP contribution < -0.4 is 5.32 Å². The average molecular weight is 451 g/mol. The minimum Gasteiger partial charge on any atom is -0.456 e. The van der Waals surface area contributed by atoms with Crippen molar-refractivity contribution in [3.63, 3.8) is 0 Å². The Morgan fingerprint density at radius 3 is 2.11 bits per heavy atom. The van der Waals surface area contributed by atoms with Gasteiger partial charge in [-0.05, 0) is 41.0 Å². The van der Waals surface area contributed by atoms with Crippen LogP contribution in [0.1, 0.15) is 22.9 Å². The van der Waals surface area contributed by atoms with Crippen LogP contribution in [0.25, 0.3) is 33.1 Å². The lowest BCUT2D eigenvalue weighted by Crippen LogP contribution is -2.20. The lowest BCUT2D eigenvalue weighted by atomic mass is 9.94. The van der Waals surface area contributed by atoms with Gasteiger partial charge in [-0.2, -0.15) is 0 Å². The van der Waals surface area contributed by atoms with Crippen molar-refractivity contribution in [1.82, 2.24) is 0 Å². The van der Waals surface area contributed by atoms with E-state index in [9.17, 15) is 0 Å². The molecule has 3 heteroatoms. The van der Waals surface area contributed by atoms with Gasteiger partial charge >= 0.3 is 0 Å². The predicted molar refractivity (Wildman–Crippen MR) is 144 cm³/mol. The van der Waals surface area contributed by atoms with Crippen molar-refractivity contribution < 1.29 is 4.42 Å². The Morgan fingerprint density at radius 2 is 1.26 bits per heavy atom. The zero-order valence-corrected chi connectivity index (χ0v) is 19.0. The fourth-order valence-corrected chi connectivity index (χ4v) is 4.95. The van der Waals surface area contributed by atoms with Crippen molar-refractivity contribution in [2.24, 2.45) is 4.99 Å². The van der Waals surface area contributed by atoms with Crippen molar-refractivity contribution in [2.45, 2.75) is 6.17 Å². The molecular formula is C32H22N2O. The summed E-state index contributed by atoms with van der Waals surface area (Å²) in [6, 6.07) is 42.1. The minimum absolute atomic E-state index is 0.144. The van der Waals surface area contributed by atoms with Gasteiger partial charge in [-0.25, -0.2) is 0 Å². The number of anilines is 1. The average Bonchev–Trinajstić information content (AvgIpc) is 3.31. The Balaban J connectivity index is 1.36. The van der Waals surface area contributed by atoms with Crippen LogP contribution in [0.2, 0.25) is 0 Å². The van der Waals surface area contributed by atoms with Gasteiger partial charge in [-0.15, -0.1) is 0 Å². The number of benzene rings is 5. The third-order valence-corrected chi connectivity index (χ3v) is 6.70. The minimum atomic E-state index is -0.144. The maximum Gasteiger partial charge on any atom is 0.145 e. The molecule has 0 fully saturated rings. The van der Waals surface area contributed by atoms with E-state index in [4.69, 9.17) is 9.41 Å². The Bertz CT molecular complexity index is 1720. The third kappa shape index (κ3) is 3.41. The number of nitrogens with one attached hydrogen (secondary N) is 1. The van der Waals surface area contributed by atoms with Gasteiger partial charge in [-0.3, -0.25) is 4.99 Å². The SMILES string of the molecule is c1ccc(C2=NC(c3ccccc3)Nc3cc(-c4ccc5oc6ccccc6c5c4)ccc32)cc1. The number of fused-ring (bicyclic) bond motifs is 4. The number of nitrogens with zero attached hydrogens (tertiary/aromatic N) is 1. The molecule has 0 amide bonds. The lowest BCUT2D eigenvalue weighted by Gasteiger charge is -2.27. The number of hydrogen-bond acceptors (Lipinski definition) is 3. The van der Waals surface area contributed by atoms with Crippen molar-refractivity contribution in [3.05, 3.63) is 138 Å². The standard InChI is InChI=1S/C32H22N2O/c1-3-9-21(10-4-1)31-26-17-15-24(20-28(26)33-32(34-31)22-11-5-2-6-12-22)23-16-18-30-27(19-23)25-13-7-8-14-29(25)35-30/h1-20,32-33H. The summed E-state index contributed by atoms with van der Waals surface area (Å²) in [4.78, 5) is 5.13. The number of rotatable bonds is 3. The summed E-state index contributed by atoms with van der Waals surface area (Å²) in [5.74, 6) is 0. The monoisotopic (exact) mass is 450 g/mol. The molecule has 5 aromatic carbocycles. The number of para-hydroxylation sites is 1. The van der Waals surface area contributed by atoms with Crippen molar-refractivity contribution in [3.8, 4) is 11.1 Å². The van der Waals surface area contributed by atoms with Crippen LogP contribution in [0.15, 0.2) is 131 Å². The first-order chi connectivity index (χ1) is 17.3. The van der Waals surface area contributed by atoms with E-state index >= 15 is 0 Å². The van der Waals surface area contributed by atoms with E-state index in [2.05, 4.69) is 102 Å². The summed E-state index contributed by atoms with van der Waals surface area (Å²) < 4.78 is 6.03. The smallest absolute Gasteiger partial charge is 0.145 e. The molecule has 0 bridgehead atoms. The van der Waals surface area contributed by atoms with E-state index in [0.717, 1.165) is 61.2 Å². The van der Waals surface area contributed by atoms with Gasteiger partial charge in [0.1, 0.15) is 17.3 Å². The van der Waals surface area contributed by atoms with Crippen molar-refractivity contribution in [1.29, 1.82) is 0 Å². The molecule has 0 radical (unpaired) electrons. The molecule has 1 aliphatic rings. The first-order valence-electron chi connectivity index (χ1n) is 11.8. The topological polar surface area (TPSA) is 37.5 Å². The maximum atomic E-state index is 6.03. The molecule has 0 saturated heterocycles. The van der Waals surface area contributed by atoms with Gasteiger partial charge in [0.2, 0.25) is 0 Å². The number of aliphatic imine (C=N–C) groups is 1. The second-order valence-corrected chi connectivity index (χ2v) is 8.87. The fraction of sp³-hybridized carbons (Fsp3) is 0.0312. The Kier molecular flexibility index (Phi) is 4.52. The van der Waals surface area contributed by atoms with Crippen LogP contribution in [-0.2, 0) is 0 Å². The number of furan rings is 1. The first kappa shape index (κ1) is 19.8. The maximum absolute atomic E-state index is 6.03. The van der Waals surface area contributed by atoms with E-state index in [0.29, 0.717) is 0 Å². The molecule has 166 valence electrons. The molecule has 0 aliphatic carbocycles. The Labute approximate surface area is 203 Å². The second-order valence-electron chi connectivity index (χ2n) is 8.87. The van der Waals surface area contributed by atoms with Crippen LogP contribution in [0.5, 0.6) is 0 Å². The van der Waals surface area contributed by atoms with Crippen molar-refractivity contribution >= 4 is 33.3 Å². The highest BCUT2D eigenvalue weighted by Gasteiger charge is 2.23. The quantitative estimate of drug-likeness (QED) is 0.295. The van der Waals surface area contributed by atoms with Gasteiger partial charge < -0.3 is 9.73 Å². The van der Waals surface area contributed by atoms with Crippen LogP contribution in [0.4, 0.5) is 5.69 Å². The molecule has 1 aromatic heterocycles. The summed E-state index contributed by atoms with van der Waals surface area (Å²) >= 11 is 0. The predicted octanol–water partition coefficient (Wildman–Crippen LogP) is 8.21. The molecule has 2 heterocycles. The summed E-state index contributed by atoms with van der Waals surface area (Å²) in [5, 5.41) is 5.96. The molecule has 0 spiro atoms. The largest absolute Gasteiger partial charge is 0.456 e. The lowest BCUT2D eigenvalue weighted by molar-refractivity contribution is 0.669. The summed E-state index contributed by atoms with van der Waals surface area (Å²) in [5.41, 5.74) is 9.62. The Hall–Kier alpha value is -4.63. The van der Waals surface area contributed by atoms with E-state index in [1.807, 2.05) is 24.3 Å². The molecule has 35 heavy (non-hydrogen) atoms. The molecule has 3 nitrogen and oxygen atoms in total. The number of hydrogen-bond donors (Lipinski definition) is 1. The third-order valence-electron chi connectivity index (χ3n) is 6.70. The van der Waals surface area contributed by atoms with Crippen LogP contribution in [0, 0.1) is 0 Å². The van der Waals surface area contributed by atoms with Gasteiger partial charge in [-0.1, -0.05) is 97.1 Å². The summed E-state index contributed by atoms with van der Waals surface area (Å²) in [6.45, 7) is 0. The normalized spacial score (nSPS) is 15.0. The van der Waals surface area contributed by atoms with E-state index in [-0.39, 0.29) is 6.17 Å². The summed E-state index contributed by atoms with van der Waals surface area (Å²) in [6.07, 6.45) is -0.144. The van der Waals surface area contributed by atoms with Gasteiger partial charge in [0.25, 0.3) is 0 Å². The highest BCUT2D eigenvalue weighted by atomic mass is 16.3. The molecule has 1 N–H and O–H groups in total. The van der Waals surface area contributed by atoms with Gasteiger partial charge in [0.15, 0.2) is 0 Å². The van der Waals surface area contributed by atoms with Crippen LogP contribution in [0.3, 0.4) is 0 Å². The molecule has 6 aromatic rings. The zero-order valence-electron chi connectivity index (χ0n) is 19.0. The molecule has 1 unspecified atom stereocenters. The molecule has 7 rings (SSSR count). The van der Waals surface area contributed by atoms with Crippen LogP contribution >= 0.6 is 0 Å². The zero-order chi connectivity index (χ0) is 23.2. The second kappa shape index (κ2) is 8.00. The Morgan fingerprint density at radius 1 is 0.571 bits per heavy atom.